The van der Waals surface area contributed by atoms with Crippen LogP contribution in [0.4, 0.5) is 4.39 Å². The summed E-state index contributed by atoms with van der Waals surface area (Å²) in [5.41, 5.74) is 1.15. The Balaban J connectivity index is 0.00000342. The normalized spacial score (nSPS) is 18.7. The molecule has 4 rings (SSSR count). The maximum absolute atomic E-state index is 13.5. The van der Waals surface area contributed by atoms with E-state index in [0.717, 1.165) is 48.1 Å². The molecule has 3 atom stereocenters. The van der Waals surface area contributed by atoms with Gasteiger partial charge >= 0.3 is 0 Å². The van der Waals surface area contributed by atoms with Crippen LogP contribution in [0.15, 0.2) is 72.8 Å². The highest BCUT2D eigenvalue weighted by Gasteiger charge is 2.33. The predicted molar refractivity (Wildman–Crippen MR) is 138 cm³/mol. The topological polar surface area (TPSA) is 40.2 Å². The Bertz CT molecular complexity index is 1030. The number of piperidine rings is 1. The third kappa shape index (κ3) is 7.03. The van der Waals surface area contributed by atoms with Crippen molar-refractivity contribution in [3.63, 3.8) is 0 Å². The van der Waals surface area contributed by atoms with Gasteiger partial charge in [-0.25, -0.2) is 4.39 Å². The number of halogens is 2. The van der Waals surface area contributed by atoms with E-state index in [2.05, 4.69) is 11.8 Å². The Labute approximate surface area is 213 Å². The van der Waals surface area contributed by atoms with Gasteiger partial charge in [-0.1, -0.05) is 12.1 Å². The van der Waals surface area contributed by atoms with Gasteiger partial charge in [-0.15, -0.1) is 12.4 Å². The van der Waals surface area contributed by atoms with Crippen LogP contribution in [0.1, 0.15) is 24.8 Å². The first-order valence-electron chi connectivity index (χ1n) is 11.6. The zero-order chi connectivity index (χ0) is 23.9. The molecular formula is C28H33ClFNO4. The molecule has 0 spiro atoms. The monoisotopic (exact) mass is 501 g/mol. The summed E-state index contributed by atoms with van der Waals surface area (Å²) in [5, 5.41) is 0. The Morgan fingerprint density at radius 2 is 1.37 bits per heavy atom. The minimum absolute atomic E-state index is 0. The maximum Gasteiger partial charge on any atom is 0.149 e. The van der Waals surface area contributed by atoms with Crippen molar-refractivity contribution < 1.29 is 23.3 Å². The largest absolute Gasteiger partial charge is 0.497 e. The number of likely N-dealkylation sites (tertiary alicyclic amines) is 1. The molecule has 0 saturated carbocycles. The molecule has 3 aromatic carbocycles. The number of nitrogens with zero attached hydrogens (tertiary/aromatic N) is 1. The second-order valence-corrected chi connectivity index (χ2v) is 8.58. The van der Waals surface area contributed by atoms with Gasteiger partial charge in [-0.2, -0.15) is 0 Å². The van der Waals surface area contributed by atoms with Crippen LogP contribution in [-0.2, 0) is 0 Å². The second kappa shape index (κ2) is 12.7. The summed E-state index contributed by atoms with van der Waals surface area (Å²) in [7, 11) is 3.30. The van der Waals surface area contributed by atoms with Gasteiger partial charge in [0, 0.05) is 19.0 Å². The lowest BCUT2D eigenvalue weighted by Gasteiger charge is -2.41. The molecule has 0 N–H and O–H groups in total. The Kier molecular flexibility index (Phi) is 9.64. The van der Waals surface area contributed by atoms with Crippen LogP contribution >= 0.6 is 12.4 Å². The highest BCUT2D eigenvalue weighted by Crippen LogP contribution is 2.35. The van der Waals surface area contributed by atoms with Gasteiger partial charge in [-0.3, -0.25) is 4.90 Å². The summed E-state index contributed by atoms with van der Waals surface area (Å²) in [6, 6.07) is 22.1. The van der Waals surface area contributed by atoms with Gasteiger partial charge in [0.2, 0.25) is 0 Å². The SMILES string of the molecule is COc1ccc(OCC2CN(C(C)Oc3ccc(OC)cc3)CCC2c2ccc(F)cc2)cc1.Cl. The van der Waals surface area contributed by atoms with E-state index in [4.69, 9.17) is 18.9 Å². The van der Waals surface area contributed by atoms with Gasteiger partial charge in [0.1, 0.15) is 35.0 Å². The van der Waals surface area contributed by atoms with Crippen molar-refractivity contribution in [1.29, 1.82) is 0 Å². The highest BCUT2D eigenvalue weighted by atomic mass is 35.5. The molecule has 1 heterocycles. The quantitative estimate of drug-likeness (QED) is 0.350. The van der Waals surface area contributed by atoms with E-state index in [-0.39, 0.29) is 36.3 Å². The van der Waals surface area contributed by atoms with Crippen molar-refractivity contribution in [3.05, 3.63) is 84.2 Å². The number of benzene rings is 3. The molecule has 0 aliphatic carbocycles. The molecule has 5 nitrogen and oxygen atoms in total. The van der Waals surface area contributed by atoms with E-state index in [1.165, 1.54) is 0 Å². The van der Waals surface area contributed by atoms with Gasteiger partial charge in [0.15, 0.2) is 0 Å². The molecule has 1 aliphatic rings. The Morgan fingerprint density at radius 3 is 1.94 bits per heavy atom. The standard InChI is InChI=1S/C28H32FNO4.ClH/c1-20(34-27-14-10-25(32-3)11-15-27)30-17-16-28(21-4-6-23(29)7-5-21)22(18-30)19-33-26-12-8-24(31-2)9-13-26;/h4-15,20,22,28H,16-19H2,1-3H3;1H. The molecule has 0 radical (unpaired) electrons. The smallest absolute Gasteiger partial charge is 0.149 e. The van der Waals surface area contributed by atoms with Gasteiger partial charge in [0.25, 0.3) is 0 Å². The van der Waals surface area contributed by atoms with Crippen LogP contribution < -0.4 is 18.9 Å². The van der Waals surface area contributed by atoms with Crippen LogP contribution in [0, 0.1) is 11.7 Å². The Hall–Kier alpha value is -2.96. The van der Waals surface area contributed by atoms with E-state index in [1.807, 2.05) is 60.7 Å². The molecule has 0 bridgehead atoms. The second-order valence-electron chi connectivity index (χ2n) is 8.58. The molecule has 7 heteroatoms. The molecule has 0 amide bonds. The number of hydrogen-bond acceptors (Lipinski definition) is 5. The molecule has 188 valence electrons. The van der Waals surface area contributed by atoms with Crippen molar-refractivity contribution in [1.82, 2.24) is 4.90 Å². The lowest BCUT2D eigenvalue weighted by molar-refractivity contribution is -0.00544. The average Bonchev–Trinajstić information content (AvgIpc) is 2.88. The zero-order valence-corrected chi connectivity index (χ0v) is 21.2. The number of methoxy groups -OCH3 is 2. The van der Waals surface area contributed by atoms with Gasteiger partial charge in [-0.05, 0) is 85.5 Å². The zero-order valence-electron chi connectivity index (χ0n) is 20.4. The summed E-state index contributed by atoms with van der Waals surface area (Å²) >= 11 is 0. The molecule has 3 aromatic rings. The molecule has 0 aromatic heterocycles. The number of hydrogen-bond donors (Lipinski definition) is 0. The van der Waals surface area contributed by atoms with E-state index in [9.17, 15) is 4.39 Å². The van der Waals surface area contributed by atoms with Crippen LogP contribution in [0.5, 0.6) is 23.0 Å². The van der Waals surface area contributed by atoms with Crippen LogP contribution in [0.25, 0.3) is 0 Å². The average molecular weight is 502 g/mol. The van der Waals surface area contributed by atoms with E-state index in [1.54, 1.807) is 26.4 Å². The van der Waals surface area contributed by atoms with Crippen molar-refractivity contribution >= 4 is 12.4 Å². The van der Waals surface area contributed by atoms with Crippen molar-refractivity contribution in [2.24, 2.45) is 5.92 Å². The molecule has 3 unspecified atom stereocenters. The number of rotatable bonds is 9. The third-order valence-electron chi connectivity index (χ3n) is 6.47. The van der Waals surface area contributed by atoms with E-state index >= 15 is 0 Å². The van der Waals surface area contributed by atoms with Gasteiger partial charge < -0.3 is 18.9 Å². The number of ether oxygens (including phenoxy) is 4. The van der Waals surface area contributed by atoms with E-state index < -0.39 is 0 Å². The fourth-order valence-corrected chi connectivity index (χ4v) is 4.51. The summed E-state index contributed by atoms with van der Waals surface area (Å²) < 4.78 is 36.4. The van der Waals surface area contributed by atoms with Crippen molar-refractivity contribution in [2.45, 2.75) is 25.5 Å². The Morgan fingerprint density at radius 1 is 0.829 bits per heavy atom. The lowest BCUT2D eigenvalue weighted by atomic mass is 9.80. The molecule has 1 fully saturated rings. The molecular weight excluding hydrogens is 469 g/mol. The van der Waals surface area contributed by atoms with Crippen LogP contribution in [0.2, 0.25) is 0 Å². The van der Waals surface area contributed by atoms with Gasteiger partial charge in [0.05, 0.1) is 20.8 Å². The first-order chi connectivity index (χ1) is 16.6. The summed E-state index contributed by atoms with van der Waals surface area (Å²) in [4.78, 5) is 2.34. The first-order valence-corrected chi connectivity index (χ1v) is 11.6. The summed E-state index contributed by atoms with van der Waals surface area (Å²) in [6.07, 6.45) is 0.851. The molecule has 35 heavy (non-hydrogen) atoms. The van der Waals surface area contributed by atoms with Crippen LogP contribution in [0.3, 0.4) is 0 Å². The van der Waals surface area contributed by atoms with Crippen molar-refractivity contribution in [3.8, 4) is 23.0 Å². The molecule has 1 aliphatic heterocycles. The minimum atomic E-state index is -0.214. The fraction of sp³-hybridized carbons (Fsp3) is 0.357. The first kappa shape index (κ1) is 26.6. The maximum atomic E-state index is 13.5. The lowest BCUT2D eigenvalue weighted by Crippen LogP contribution is -2.47. The summed E-state index contributed by atoms with van der Waals surface area (Å²) in [5.74, 6) is 3.50. The van der Waals surface area contributed by atoms with Crippen molar-refractivity contribution in [2.75, 3.05) is 33.9 Å². The fourth-order valence-electron chi connectivity index (χ4n) is 4.51. The minimum Gasteiger partial charge on any atom is -0.497 e. The third-order valence-corrected chi connectivity index (χ3v) is 6.47. The van der Waals surface area contributed by atoms with Crippen LogP contribution in [-0.4, -0.2) is 45.0 Å². The van der Waals surface area contributed by atoms with E-state index in [0.29, 0.717) is 6.61 Å². The summed E-state index contributed by atoms with van der Waals surface area (Å²) in [6.45, 7) is 4.33. The predicted octanol–water partition coefficient (Wildman–Crippen LogP) is 6.17. The highest BCUT2D eigenvalue weighted by molar-refractivity contribution is 5.85. The molecule has 1 saturated heterocycles.